The highest BCUT2D eigenvalue weighted by Gasteiger charge is 2.36. The molecule has 2 aromatic rings. The van der Waals surface area contributed by atoms with Gasteiger partial charge in [-0.2, -0.15) is 20.8 Å². The lowest BCUT2D eigenvalue weighted by Gasteiger charge is -2.29. The second kappa shape index (κ2) is 12.1. The average Bonchev–Trinajstić information content (AvgIpc) is 2.82. The summed E-state index contributed by atoms with van der Waals surface area (Å²) in [6.07, 6.45) is 0.736. The van der Waals surface area contributed by atoms with Crippen LogP contribution in [0.4, 0.5) is 10.5 Å². The van der Waals surface area contributed by atoms with Crippen LogP contribution in [0.5, 0.6) is 0 Å². The average molecular weight is 500 g/mol. The molecule has 2 aromatic carbocycles. The van der Waals surface area contributed by atoms with E-state index in [2.05, 4.69) is 16.3 Å². The molecule has 0 aliphatic heterocycles. The first-order valence-electron chi connectivity index (χ1n) is 10.6. The number of carbonyl (C=O) groups excluding carboxylic acids is 1. The minimum Gasteiger partial charge on any atom is -0.465 e. The van der Waals surface area contributed by atoms with Gasteiger partial charge in [-0.25, -0.2) is 9.69 Å². The highest BCUT2D eigenvalue weighted by atomic mass is 35.5. The Morgan fingerprint density at radius 2 is 1.82 bits per heavy atom. The summed E-state index contributed by atoms with van der Waals surface area (Å²) in [7, 11) is 0. The van der Waals surface area contributed by atoms with E-state index in [-0.39, 0.29) is 17.3 Å². The molecule has 0 saturated heterocycles. The standard InChI is InChI=1S/C24H23Cl2N5O3/c1-3-5-12-24(15-28,16-6-8-17(25)9-7-16)19-11-10-18(13-20(19)26)29-30-21(14-27)22(32)31(4-2)23(33)34/h6-11,13,21H,3-5,12H2,1-2H3,(H,33,34). The Hall–Kier alpha value is -3.46. The lowest BCUT2D eigenvalue weighted by atomic mass is 9.72. The third kappa shape index (κ3) is 5.91. The fraction of sp³-hybridized carbons (Fsp3) is 0.333. The Bertz CT molecular complexity index is 1150. The molecule has 2 rings (SSSR count). The lowest BCUT2D eigenvalue weighted by molar-refractivity contribution is -0.129. The molecule has 0 aliphatic carbocycles. The number of hydrogen-bond donors (Lipinski definition) is 1. The van der Waals surface area contributed by atoms with Gasteiger partial charge in [0.1, 0.15) is 11.5 Å². The van der Waals surface area contributed by atoms with Crippen molar-refractivity contribution < 1.29 is 14.7 Å². The van der Waals surface area contributed by atoms with Gasteiger partial charge in [-0.3, -0.25) is 4.79 Å². The molecule has 2 unspecified atom stereocenters. The SMILES string of the molecule is CCCCC(C#N)(c1ccc(Cl)cc1)c1ccc(N=NC(C#N)C(=O)N(CC)C(=O)O)cc1Cl. The Morgan fingerprint density at radius 3 is 2.32 bits per heavy atom. The van der Waals surface area contributed by atoms with E-state index < -0.39 is 23.5 Å². The molecule has 2 amide bonds. The second-order valence-corrected chi connectivity index (χ2v) is 8.25. The van der Waals surface area contributed by atoms with E-state index in [0.29, 0.717) is 21.9 Å². The number of likely N-dealkylation sites (N-methyl/N-ethyl adjacent to an activating group) is 1. The Kier molecular flexibility index (Phi) is 9.56. The maximum atomic E-state index is 12.2. The van der Waals surface area contributed by atoms with E-state index in [4.69, 9.17) is 28.3 Å². The first-order valence-corrected chi connectivity index (χ1v) is 11.3. The molecule has 0 spiro atoms. The third-order valence-corrected chi connectivity index (χ3v) is 5.87. The first-order chi connectivity index (χ1) is 16.2. The highest BCUT2D eigenvalue weighted by molar-refractivity contribution is 6.32. The number of imide groups is 1. The zero-order chi connectivity index (χ0) is 25.3. The van der Waals surface area contributed by atoms with Crippen molar-refractivity contribution in [1.29, 1.82) is 10.5 Å². The fourth-order valence-corrected chi connectivity index (χ4v) is 3.95. The monoisotopic (exact) mass is 499 g/mol. The summed E-state index contributed by atoms with van der Waals surface area (Å²) in [5.74, 6) is -0.991. The minimum atomic E-state index is -1.62. The van der Waals surface area contributed by atoms with Gasteiger partial charge in [0.05, 0.1) is 11.8 Å². The number of carboxylic acid groups (broad SMARTS) is 1. The van der Waals surface area contributed by atoms with Crippen molar-refractivity contribution >= 4 is 40.9 Å². The zero-order valence-electron chi connectivity index (χ0n) is 18.7. The van der Waals surface area contributed by atoms with Gasteiger partial charge in [-0.15, -0.1) is 0 Å². The van der Waals surface area contributed by atoms with Gasteiger partial charge in [0, 0.05) is 16.6 Å². The van der Waals surface area contributed by atoms with Crippen molar-refractivity contribution in [3.8, 4) is 12.1 Å². The molecule has 176 valence electrons. The van der Waals surface area contributed by atoms with Crippen molar-refractivity contribution in [3.05, 3.63) is 63.6 Å². The summed E-state index contributed by atoms with van der Waals surface area (Å²) < 4.78 is 0. The van der Waals surface area contributed by atoms with Crippen LogP contribution in [0.1, 0.15) is 44.2 Å². The van der Waals surface area contributed by atoms with Gasteiger partial charge in [0.25, 0.3) is 5.91 Å². The second-order valence-electron chi connectivity index (χ2n) is 7.40. The van der Waals surface area contributed by atoms with Crippen molar-refractivity contribution in [2.24, 2.45) is 10.2 Å². The Labute approximate surface area is 208 Å². The molecule has 0 heterocycles. The van der Waals surface area contributed by atoms with Crippen LogP contribution >= 0.6 is 23.2 Å². The summed E-state index contributed by atoms with van der Waals surface area (Å²) in [4.78, 5) is 23.9. The number of amides is 2. The third-order valence-electron chi connectivity index (χ3n) is 5.30. The Morgan fingerprint density at radius 1 is 1.15 bits per heavy atom. The predicted molar refractivity (Wildman–Crippen MR) is 128 cm³/mol. The molecule has 34 heavy (non-hydrogen) atoms. The summed E-state index contributed by atoms with van der Waals surface area (Å²) in [5.41, 5.74) is 0.579. The smallest absolute Gasteiger partial charge is 0.414 e. The summed E-state index contributed by atoms with van der Waals surface area (Å²) in [6, 6.07) is 14.2. The molecule has 8 nitrogen and oxygen atoms in total. The van der Waals surface area contributed by atoms with E-state index in [1.54, 1.807) is 42.5 Å². The number of carbonyl (C=O) groups is 2. The topological polar surface area (TPSA) is 130 Å². The van der Waals surface area contributed by atoms with Gasteiger partial charge in [-0.1, -0.05) is 61.2 Å². The van der Waals surface area contributed by atoms with Crippen LogP contribution in [0.15, 0.2) is 52.7 Å². The maximum Gasteiger partial charge on any atom is 0.414 e. The fourth-order valence-electron chi connectivity index (χ4n) is 3.49. The number of azo groups is 1. The molecule has 0 aliphatic rings. The van der Waals surface area contributed by atoms with E-state index in [1.807, 2.05) is 6.92 Å². The number of rotatable bonds is 9. The number of hydrogen-bond acceptors (Lipinski definition) is 6. The quantitative estimate of drug-likeness (QED) is 0.393. The number of benzene rings is 2. The van der Waals surface area contributed by atoms with Gasteiger partial charge in [0.2, 0.25) is 6.04 Å². The van der Waals surface area contributed by atoms with E-state index in [9.17, 15) is 20.1 Å². The van der Waals surface area contributed by atoms with E-state index in [1.165, 1.54) is 13.0 Å². The van der Waals surface area contributed by atoms with Crippen LogP contribution in [0.2, 0.25) is 10.0 Å². The van der Waals surface area contributed by atoms with Crippen LogP contribution in [0.3, 0.4) is 0 Å². The molecular formula is C24H23Cl2N5O3. The molecule has 0 bridgehead atoms. The first kappa shape index (κ1) is 26.8. The van der Waals surface area contributed by atoms with Crippen molar-refractivity contribution in [2.75, 3.05) is 6.54 Å². The molecule has 2 atom stereocenters. The largest absolute Gasteiger partial charge is 0.465 e. The molecule has 0 fully saturated rings. The number of unbranched alkanes of at least 4 members (excludes halogenated alkanes) is 1. The van der Waals surface area contributed by atoms with Crippen LogP contribution in [0.25, 0.3) is 0 Å². The van der Waals surface area contributed by atoms with Gasteiger partial charge in [-0.05, 0) is 48.7 Å². The number of nitriles is 2. The van der Waals surface area contributed by atoms with E-state index in [0.717, 1.165) is 18.4 Å². The highest BCUT2D eigenvalue weighted by Crippen LogP contribution is 2.41. The molecule has 0 aromatic heterocycles. The molecule has 0 saturated carbocycles. The summed E-state index contributed by atoms with van der Waals surface area (Å²) in [5, 5.41) is 37.0. The summed E-state index contributed by atoms with van der Waals surface area (Å²) >= 11 is 12.6. The van der Waals surface area contributed by atoms with Crippen LogP contribution in [0, 0.1) is 22.7 Å². The molecular weight excluding hydrogens is 477 g/mol. The maximum absolute atomic E-state index is 12.2. The van der Waals surface area contributed by atoms with Crippen molar-refractivity contribution in [2.45, 2.75) is 44.6 Å². The van der Waals surface area contributed by atoms with Gasteiger partial charge < -0.3 is 5.11 Å². The van der Waals surface area contributed by atoms with Crippen molar-refractivity contribution in [1.82, 2.24) is 4.90 Å². The number of nitrogens with zero attached hydrogens (tertiary/aromatic N) is 5. The zero-order valence-corrected chi connectivity index (χ0v) is 20.2. The van der Waals surface area contributed by atoms with Crippen LogP contribution in [-0.4, -0.2) is 34.6 Å². The van der Waals surface area contributed by atoms with E-state index >= 15 is 0 Å². The molecule has 1 N–H and O–H groups in total. The predicted octanol–water partition coefficient (Wildman–Crippen LogP) is 6.50. The van der Waals surface area contributed by atoms with Crippen LogP contribution in [-0.2, 0) is 10.2 Å². The van der Waals surface area contributed by atoms with Crippen LogP contribution < -0.4 is 0 Å². The molecule has 0 radical (unpaired) electrons. The molecule has 10 heteroatoms. The minimum absolute atomic E-state index is 0.124. The van der Waals surface area contributed by atoms with Crippen molar-refractivity contribution in [3.63, 3.8) is 0 Å². The summed E-state index contributed by atoms with van der Waals surface area (Å²) in [6.45, 7) is 3.38. The normalized spacial score (nSPS) is 13.5. The van der Waals surface area contributed by atoms with Gasteiger partial charge in [0.15, 0.2) is 0 Å². The lowest BCUT2D eigenvalue weighted by Crippen LogP contribution is -2.41. The Balaban J connectivity index is 2.44. The van der Waals surface area contributed by atoms with Gasteiger partial charge >= 0.3 is 6.09 Å². The number of halogens is 2.